The molecule has 0 amide bonds. The smallest absolute Gasteiger partial charge is 0.119 e. The number of nitrogen functional groups attached to an aromatic ring is 1. The third-order valence-electron chi connectivity index (χ3n) is 4.36. The van der Waals surface area contributed by atoms with E-state index in [1.165, 1.54) is 0 Å². The van der Waals surface area contributed by atoms with Gasteiger partial charge in [-0.1, -0.05) is 23.7 Å². The number of β-amino-alcohol motifs (C(OH)–C–C–N with tert-alkyl or cyclic N) is 1. The highest BCUT2D eigenvalue weighted by molar-refractivity contribution is 6.33. The molecular weight excluding hydrogens is 409 g/mol. The summed E-state index contributed by atoms with van der Waals surface area (Å²) in [5.41, 5.74) is 7.42. The number of aliphatic hydroxyl groups excluding tert-OH is 1. The molecule has 150 valence electrons. The number of aliphatic hydroxyl groups is 1. The van der Waals surface area contributed by atoms with Crippen molar-refractivity contribution in [2.24, 2.45) is 0 Å². The Labute approximate surface area is 177 Å². The minimum absolute atomic E-state index is 0. The van der Waals surface area contributed by atoms with Gasteiger partial charge >= 0.3 is 0 Å². The van der Waals surface area contributed by atoms with Crippen LogP contribution in [0.1, 0.15) is 0 Å². The Morgan fingerprint density at radius 1 is 1.00 bits per heavy atom. The fourth-order valence-corrected chi connectivity index (χ4v) is 3.24. The summed E-state index contributed by atoms with van der Waals surface area (Å²) in [7, 11) is 0. The first kappa shape index (κ1) is 23.7. The molecule has 0 bridgehead atoms. The van der Waals surface area contributed by atoms with Crippen LogP contribution in [0, 0.1) is 0 Å². The van der Waals surface area contributed by atoms with Crippen molar-refractivity contribution < 1.29 is 9.84 Å². The second kappa shape index (κ2) is 11.5. The molecular formula is C19H26Cl3N3O2. The van der Waals surface area contributed by atoms with Crippen LogP contribution >= 0.6 is 36.4 Å². The lowest BCUT2D eigenvalue weighted by Gasteiger charge is -2.37. The zero-order chi connectivity index (χ0) is 17.6. The lowest BCUT2D eigenvalue weighted by Crippen LogP contribution is -2.49. The van der Waals surface area contributed by atoms with E-state index in [9.17, 15) is 5.11 Å². The van der Waals surface area contributed by atoms with Gasteiger partial charge in [0.25, 0.3) is 0 Å². The Kier molecular flexibility index (Phi) is 10.1. The van der Waals surface area contributed by atoms with Gasteiger partial charge in [0, 0.05) is 38.4 Å². The molecule has 1 fully saturated rings. The lowest BCUT2D eigenvalue weighted by molar-refractivity contribution is 0.0663. The van der Waals surface area contributed by atoms with Crippen LogP contribution in [0.3, 0.4) is 0 Å². The van der Waals surface area contributed by atoms with Crippen LogP contribution in [-0.2, 0) is 0 Å². The van der Waals surface area contributed by atoms with Crippen LogP contribution in [0.5, 0.6) is 5.75 Å². The molecule has 5 nitrogen and oxygen atoms in total. The van der Waals surface area contributed by atoms with E-state index >= 15 is 0 Å². The van der Waals surface area contributed by atoms with Gasteiger partial charge in [-0.15, -0.1) is 24.8 Å². The first-order chi connectivity index (χ1) is 12.1. The van der Waals surface area contributed by atoms with Crippen molar-refractivity contribution >= 4 is 47.8 Å². The Balaban J connectivity index is 0.00000182. The van der Waals surface area contributed by atoms with Crippen molar-refractivity contribution in [2.75, 3.05) is 50.0 Å². The highest BCUT2D eigenvalue weighted by Crippen LogP contribution is 2.26. The van der Waals surface area contributed by atoms with E-state index in [0.717, 1.165) is 42.6 Å². The fraction of sp³-hybridized carbons (Fsp3) is 0.368. The van der Waals surface area contributed by atoms with Crippen LogP contribution in [0.4, 0.5) is 11.4 Å². The Bertz CT molecular complexity index is 680. The zero-order valence-corrected chi connectivity index (χ0v) is 17.3. The third kappa shape index (κ3) is 6.94. The second-order valence-corrected chi connectivity index (χ2v) is 6.68. The summed E-state index contributed by atoms with van der Waals surface area (Å²) in [6, 6.07) is 15.1. The summed E-state index contributed by atoms with van der Waals surface area (Å²) in [5, 5.41) is 11.0. The average Bonchev–Trinajstić information content (AvgIpc) is 2.62. The summed E-state index contributed by atoms with van der Waals surface area (Å²) in [6.45, 7) is 4.46. The number of nitrogens with two attached hydrogens (primary N) is 1. The van der Waals surface area contributed by atoms with E-state index in [4.69, 9.17) is 22.1 Å². The molecule has 3 N–H and O–H groups in total. The molecule has 8 heteroatoms. The summed E-state index contributed by atoms with van der Waals surface area (Å²) >= 11 is 6.27. The number of piperazine rings is 1. The van der Waals surface area contributed by atoms with Gasteiger partial charge in [-0.3, -0.25) is 4.90 Å². The SMILES string of the molecule is Cl.Cl.Nc1ccc(OCC(O)CN2CCN(c3ccccc3Cl)CC2)cc1. The molecule has 0 radical (unpaired) electrons. The van der Waals surface area contributed by atoms with Crippen LogP contribution in [0.25, 0.3) is 0 Å². The molecule has 2 aromatic carbocycles. The molecule has 3 rings (SSSR count). The molecule has 1 unspecified atom stereocenters. The quantitative estimate of drug-likeness (QED) is 0.683. The predicted molar refractivity (Wildman–Crippen MR) is 117 cm³/mol. The van der Waals surface area contributed by atoms with Crippen molar-refractivity contribution in [3.8, 4) is 5.75 Å². The maximum Gasteiger partial charge on any atom is 0.119 e. The Hall–Kier alpha value is -1.37. The minimum Gasteiger partial charge on any atom is -0.491 e. The zero-order valence-electron chi connectivity index (χ0n) is 15.0. The molecule has 1 aliphatic heterocycles. The maximum absolute atomic E-state index is 10.2. The van der Waals surface area contributed by atoms with E-state index in [1.807, 2.05) is 36.4 Å². The summed E-state index contributed by atoms with van der Waals surface area (Å²) < 4.78 is 5.61. The van der Waals surface area contributed by atoms with Gasteiger partial charge in [-0.25, -0.2) is 0 Å². The van der Waals surface area contributed by atoms with E-state index < -0.39 is 6.10 Å². The first-order valence-electron chi connectivity index (χ1n) is 8.50. The summed E-state index contributed by atoms with van der Waals surface area (Å²) in [6.07, 6.45) is -0.524. The number of rotatable bonds is 6. The maximum atomic E-state index is 10.2. The van der Waals surface area contributed by atoms with Crippen LogP contribution in [-0.4, -0.2) is 55.4 Å². The van der Waals surface area contributed by atoms with Crippen LogP contribution in [0.15, 0.2) is 48.5 Å². The Morgan fingerprint density at radius 3 is 2.26 bits per heavy atom. The highest BCUT2D eigenvalue weighted by Gasteiger charge is 2.20. The molecule has 1 atom stereocenters. The number of benzene rings is 2. The number of ether oxygens (including phenoxy) is 1. The number of anilines is 2. The minimum atomic E-state index is -0.524. The van der Waals surface area contributed by atoms with Gasteiger partial charge in [-0.05, 0) is 36.4 Å². The van der Waals surface area contributed by atoms with Crippen LogP contribution in [0.2, 0.25) is 5.02 Å². The molecule has 0 aromatic heterocycles. The molecule has 1 aliphatic rings. The van der Waals surface area contributed by atoms with Crippen molar-refractivity contribution in [1.29, 1.82) is 0 Å². The summed E-state index contributed by atoms with van der Waals surface area (Å²) in [4.78, 5) is 4.54. The lowest BCUT2D eigenvalue weighted by atomic mass is 10.2. The summed E-state index contributed by atoms with van der Waals surface area (Å²) in [5.74, 6) is 0.719. The molecule has 27 heavy (non-hydrogen) atoms. The number of hydrogen-bond donors (Lipinski definition) is 2. The van der Waals surface area contributed by atoms with Gasteiger partial charge in [0.1, 0.15) is 18.5 Å². The van der Waals surface area contributed by atoms with E-state index in [0.29, 0.717) is 12.2 Å². The standard InChI is InChI=1S/C19H24ClN3O2.2ClH/c20-18-3-1-2-4-19(18)23-11-9-22(10-12-23)13-16(24)14-25-17-7-5-15(21)6-8-17;;/h1-8,16,24H,9-14,21H2;2*1H. The van der Waals surface area contributed by atoms with Gasteiger partial charge in [0.2, 0.25) is 0 Å². The van der Waals surface area contributed by atoms with E-state index in [1.54, 1.807) is 12.1 Å². The van der Waals surface area contributed by atoms with Crippen molar-refractivity contribution in [3.63, 3.8) is 0 Å². The molecule has 1 saturated heterocycles. The van der Waals surface area contributed by atoms with Gasteiger partial charge in [-0.2, -0.15) is 0 Å². The van der Waals surface area contributed by atoms with Gasteiger partial charge in [0.15, 0.2) is 0 Å². The van der Waals surface area contributed by atoms with Crippen LogP contribution < -0.4 is 15.4 Å². The Morgan fingerprint density at radius 2 is 1.63 bits per heavy atom. The number of halogens is 3. The normalized spacial score (nSPS) is 15.4. The molecule has 0 saturated carbocycles. The van der Waals surface area contributed by atoms with Gasteiger partial charge < -0.3 is 20.5 Å². The number of para-hydroxylation sites is 1. The molecule has 0 aliphatic carbocycles. The van der Waals surface area contributed by atoms with Crippen molar-refractivity contribution in [1.82, 2.24) is 4.90 Å². The monoisotopic (exact) mass is 433 g/mol. The van der Waals surface area contributed by atoms with E-state index in [2.05, 4.69) is 9.80 Å². The van der Waals surface area contributed by atoms with Crippen molar-refractivity contribution in [3.05, 3.63) is 53.6 Å². The van der Waals surface area contributed by atoms with Crippen molar-refractivity contribution in [2.45, 2.75) is 6.10 Å². The average molecular weight is 435 g/mol. The van der Waals surface area contributed by atoms with E-state index in [-0.39, 0.29) is 31.4 Å². The third-order valence-corrected chi connectivity index (χ3v) is 4.68. The predicted octanol–water partition coefficient (Wildman–Crippen LogP) is 3.33. The fourth-order valence-electron chi connectivity index (χ4n) is 2.99. The molecule has 1 heterocycles. The first-order valence-corrected chi connectivity index (χ1v) is 8.88. The number of hydrogen-bond acceptors (Lipinski definition) is 5. The molecule has 2 aromatic rings. The number of nitrogens with zero attached hydrogens (tertiary/aromatic N) is 2. The molecule has 0 spiro atoms. The topological polar surface area (TPSA) is 62.0 Å². The highest BCUT2D eigenvalue weighted by atomic mass is 35.5. The second-order valence-electron chi connectivity index (χ2n) is 6.27. The largest absolute Gasteiger partial charge is 0.491 e. The van der Waals surface area contributed by atoms with Gasteiger partial charge in [0.05, 0.1) is 10.7 Å².